The van der Waals surface area contributed by atoms with Gasteiger partial charge >= 0.3 is 0 Å². The lowest BCUT2D eigenvalue weighted by Gasteiger charge is -2.27. The fourth-order valence-electron chi connectivity index (χ4n) is 9.08. The van der Waals surface area contributed by atoms with Gasteiger partial charge < -0.3 is 10.2 Å². The smallest absolute Gasteiger partial charge is 0.294 e. The Hall–Kier alpha value is -5.66. The van der Waals surface area contributed by atoms with Gasteiger partial charge in [0.1, 0.15) is 6.54 Å². The first-order chi connectivity index (χ1) is 33.0. The molecule has 3 amide bonds. The van der Waals surface area contributed by atoms with Crippen molar-refractivity contribution in [3.05, 3.63) is 125 Å². The van der Waals surface area contributed by atoms with Gasteiger partial charge in [0.15, 0.2) is 5.71 Å². The Labute approximate surface area is 414 Å². The molecular weight excluding hydrogens is 1000 g/mol. The van der Waals surface area contributed by atoms with Gasteiger partial charge in [-0.1, -0.05) is 44.2 Å². The third-order valence-electron chi connectivity index (χ3n) is 12.7. The Bertz CT molecular complexity index is 3250. The number of unbranched alkanes of at least 4 members (excludes halogenated alkanes) is 1. The van der Waals surface area contributed by atoms with Crippen LogP contribution in [0.1, 0.15) is 82.1 Å². The summed E-state index contributed by atoms with van der Waals surface area (Å²) >= 11 is 0. The molecule has 3 heterocycles. The van der Waals surface area contributed by atoms with Crippen LogP contribution in [0, 0.1) is 0 Å². The first-order valence-corrected chi connectivity index (χ1v) is 28.6. The zero-order chi connectivity index (χ0) is 52.3. The summed E-state index contributed by atoms with van der Waals surface area (Å²) in [6.45, 7) is 7.70. The molecule has 0 spiro atoms. The second-order valence-corrected chi connectivity index (χ2v) is 24.4. The average Bonchev–Trinajstić information content (AvgIpc) is 3.78. The molecule has 0 atom stereocenters. The van der Waals surface area contributed by atoms with Crippen LogP contribution in [0.4, 0.5) is 11.4 Å². The standard InChI is InChI=1S/C48H56N4O15S4/c1-47(2)38-31-36(70(62,63)64)16-18-40(38)50(25-8-28-68(56,57)58)42(47)20-14-34(35-12-7-11-33(30-35)10-5-6-13-44(53)49-24-27-52-45(54)22-23-46(52)55)15-21-43-48(3,4)39-32-37(71(65,66)67)17-19-41(39)51(43)26-9-29-69(59,60)61/h7,11-12,14-23,30-32H,5-6,8-10,13,24-29H2,1-4H3,(H4-,49,53,56,57,58,59,60,61,62,63,64,65,66,67)/p+1. The highest BCUT2D eigenvalue weighted by atomic mass is 32.2. The number of carbonyl (C=O) groups excluding carboxylic acids is 3. The van der Waals surface area contributed by atoms with E-state index >= 15 is 0 Å². The van der Waals surface area contributed by atoms with Crippen LogP contribution in [0.5, 0.6) is 0 Å². The number of fused-ring (bicyclic) bond motifs is 2. The molecular formula is C48H57N4O15S4+. The minimum absolute atomic E-state index is 0.00900. The first kappa shape index (κ1) is 54.7. The van der Waals surface area contributed by atoms with Crippen molar-refractivity contribution in [3.8, 4) is 0 Å². The molecule has 23 heteroatoms. The zero-order valence-electron chi connectivity index (χ0n) is 39.5. The number of hydrogen-bond donors (Lipinski definition) is 5. The number of imide groups is 1. The van der Waals surface area contributed by atoms with Crippen LogP contribution in [0.25, 0.3) is 5.57 Å². The number of nitrogens with zero attached hydrogens (tertiary/aromatic N) is 3. The molecule has 0 bridgehead atoms. The summed E-state index contributed by atoms with van der Waals surface area (Å²) in [5, 5.41) is 2.74. The predicted molar refractivity (Wildman–Crippen MR) is 266 cm³/mol. The summed E-state index contributed by atoms with van der Waals surface area (Å²) in [5.74, 6) is -2.21. The van der Waals surface area contributed by atoms with Crippen LogP contribution >= 0.6 is 0 Å². The van der Waals surface area contributed by atoms with E-state index in [1.54, 1.807) is 12.2 Å². The van der Waals surface area contributed by atoms with Crippen LogP contribution in [-0.2, 0) is 72.1 Å². The van der Waals surface area contributed by atoms with Crippen molar-refractivity contribution < 1.29 is 70.8 Å². The summed E-state index contributed by atoms with van der Waals surface area (Å²) in [6.07, 6.45) is 11.5. The monoisotopic (exact) mass is 1060 g/mol. The number of benzene rings is 3. The molecule has 3 aliphatic heterocycles. The van der Waals surface area contributed by atoms with Gasteiger partial charge in [0, 0.05) is 79.1 Å². The quantitative estimate of drug-likeness (QED) is 0.0285. The summed E-state index contributed by atoms with van der Waals surface area (Å²) < 4.78 is 137. The third-order valence-corrected chi connectivity index (χ3v) is 16.0. The van der Waals surface area contributed by atoms with Gasteiger partial charge in [0.2, 0.25) is 11.6 Å². The van der Waals surface area contributed by atoms with Gasteiger partial charge in [0.25, 0.3) is 52.3 Å². The van der Waals surface area contributed by atoms with Crippen molar-refractivity contribution in [3.63, 3.8) is 0 Å². The van der Waals surface area contributed by atoms with Gasteiger partial charge in [-0.15, -0.1) is 0 Å². The molecule has 6 rings (SSSR count). The normalized spacial score (nSPS) is 17.5. The summed E-state index contributed by atoms with van der Waals surface area (Å²) in [7, 11) is -17.9. The molecule has 3 aliphatic rings. The molecule has 3 aromatic rings. The first-order valence-electron chi connectivity index (χ1n) is 22.5. The Kier molecular flexibility index (Phi) is 16.3. The molecule has 382 valence electrons. The summed E-state index contributed by atoms with van der Waals surface area (Å²) in [5.41, 5.74) is 3.72. The second-order valence-electron chi connectivity index (χ2n) is 18.5. The van der Waals surface area contributed by atoms with Crippen molar-refractivity contribution in [2.24, 2.45) is 0 Å². The molecule has 0 radical (unpaired) electrons. The van der Waals surface area contributed by atoms with Gasteiger partial charge in [-0.25, -0.2) is 0 Å². The van der Waals surface area contributed by atoms with E-state index in [2.05, 4.69) is 5.32 Å². The molecule has 0 aliphatic carbocycles. The van der Waals surface area contributed by atoms with E-state index in [4.69, 9.17) is 0 Å². The number of carbonyl (C=O) groups is 3. The topological polar surface area (TPSA) is 290 Å². The number of allylic oxidation sites excluding steroid dienone is 6. The molecule has 0 saturated carbocycles. The van der Waals surface area contributed by atoms with Gasteiger partial charge in [-0.3, -0.25) is 37.5 Å². The van der Waals surface area contributed by atoms with Crippen LogP contribution in [0.3, 0.4) is 0 Å². The zero-order valence-corrected chi connectivity index (χ0v) is 42.7. The number of amides is 3. The van der Waals surface area contributed by atoms with Crippen molar-refractivity contribution >= 4 is 80.9 Å². The number of anilines is 1. The average molecular weight is 1060 g/mol. The highest BCUT2D eigenvalue weighted by Gasteiger charge is 2.45. The lowest BCUT2D eigenvalue weighted by molar-refractivity contribution is -0.437. The molecule has 0 aromatic heterocycles. The number of hydrogen-bond acceptors (Lipinski definition) is 12. The van der Waals surface area contributed by atoms with Gasteiger partial charge in [-0.05, 0) is 104 Å². The fourth-order valence-corrected chi connectivity index (χ4v) is 11.1. The largest absolute Gasteiger partial charge is 0.354 e. The molecule has 0 saturated heterocycles. The van der Waals surface area contributed by atoms with E-state index in [9.17, 15) is 66.3 Å². The third kappa shape index (κ3) is 13.5. The molecule has 71 heavy (non-hydrogen) atoms. The Morgan fingerprint density at radius 1 is 0.704 bits per heavy atom. The van der Waals surface area contributed by atoms with Crippen LogP contribution in [0.15, 0.2) is 113 Å². The van der Waals surface area contributed by atoms with Crippen LogP contribution in [0.2, 0.25) is 0 Å². The molecule has 0 unspecified atom stereocenters. The minimum Gasteiger partial charge on any atom is -0.354 e. The molecule has 19 nitrogen and oxygen atoms in total. The van der Waals surface area contributed by atoms with Gasteiger partial charge in [-0.2, -0.15) is 38.2 Å². The van der Waals surface area contributed by atoms with Crippen molar-refractivity contribution in [1.82, 2.24) is 10.2 Å². The number of aryl methyl sites for hydroxylation is 1. The SMILES string of the molecule is CC1(C)C(=CC=C(C=CC2=[N+](CCCS(=O)(=O)O)c3ccc(S(=O)(=O)O)cc3C2(C)C)c2cccc(CCCCC(=O)NCCN3C(=O)C=CC3=O)c2)N(CCCS(=O)(=O)O)c2ccc(S(=O)(=O)O)cc21. The fraction of sp³-hybridized carbons (Fsp3) is 0.375. The Balaban J connectivity index is 1.39. The van der Waals surface area contributed by atoms with E-state index in [-0.39, 0.29) is 61.1 Å². The number of rotatable bonds is 22. The Morgan fingerprint density at radius 2 is 1.32 bits per heavy atom. The maximum absolute atomic E-state index is 12.6. The van der Waals surface area contributed by atoms with E-state index in [1.165, 1.54) is 48.6 Å². The van der Waals surface area contributed by atoms with E-state index < -0.39 is 74.6 Å². The summed E-state index contributed by atoms with van der Waals surface area (Å²) in [4.78, 5) is 38.4. The van der Waals surface area contributed by atoms with E-state index in [1.807, 2.05) is 73.6 Å². The minimum atomic E-state index is -4.61. The summed E-state index contributed by atoms with van der Waals surface area (Å²) in [6, 6.07) is 15.8. The van der Waals surface area contributed by atoms with Crippen molar-refractivity contribution in [2.75, 3.05) is 42.6 Å². The molecule has 3 aromatic carbocycles. The highest BCUT2D eigenvalue weighted by molar-refractivity contribution is 7.86. The van der Waals surface area contributed by atoms with Crippen molar-refractivity contribution in [1.29, 1.82) is 0 Å². The maximum Gasteiger partial charge on any atom is 0.294 e. The Morgan fingerprint density at radius 3 is 1.96 bits per heavy atom. The highest BCUT2D eigenvalue weighted by Crippen LogP contribution is 2.49. The van der Waals surface area contributed by atoms with Gasteiger partial charge in [0.05, 0.1) is 26.7 Å². The number of nitrogens with one attached hydrogen (secondary N) is 1. The lowest BCUT2D eigenvalue weighted by atomic mass is 9.81. The maximum atomic E-state index is 12.6. The van der Waals surface area contributed by atoms with Crippen LogP contribution < -0.4 is 10.2 Å². The predicted octanol–water partition coefficient (Wildman–Crippen LogP) is 5.19. The van der Waals surface area contributed by atoms with Crippen LogP contribution in [-0.4, -0.2) is 122 Å². The lowest BCUT2D eigenvalue weighted by Crippen LogP contribution is -2.38. The molecule has 5 N–H and O–H groups in total. The molecule has 0 fully saturated rings. The van der Waals surface area contributed by atoms with E-state index in [0.29, 0.717) is 64.3 Å². The van der Waals surface area contributed by atoms with E-state index in [0.717, 1.165) is 10.5 Å². The second kappa shape index (κ2) is 21.2. The van der Waals surface area contributed by atoms with Crippen molar-refractivity contribution in [2.45, 2.75) is 86.8 Å².